The van der Waals surface area contributed by atoms with Crippen LogP contribution < -0.4 is 0 Å². The van der Waals surface area contributed by atoms with Gasteiger partial charge in [0.15, 0.2) is 17.5 Å². The number of hydrogen-bond donors (Lipinski definition) is 0. The Morgan fingerprint density at radius 2 is 1.07 bits per heavy atom. The van der Waals surface area contributed by atoms with Gasteiger partial charge in [0.25, 0.3) is 0 Å². The van der Waals surface area contributed by atoms with E-state index < -0.39 is 0 Å². The zero-order valence-electron chi connectivity index (χ0n) is 29.8. The molecule has 0 radical (unpaired) electrons. The molecule has 8 aromatic carbocycles. The predicted molar refractivity (Wildman–Crippen MR) is 232 cm³/mol. The molecule has 0 unspecified atom stereocenters. The molecular weight excluding hydrogens is 705 g/mol. The second-order valence-corrected chi connectivity index (χ2v) is 15.2. The largest absolute Gasteiger partial charge is 0.456 e. The SMILES string of the molecule is c1ccc(-c2nc3ccccc3c3c2ccc2oc4ccc(-c5nc(-c6ccc7ccccc7c6)nc(-c6cccc7sc8ccccc8c67)n5)cc4c23)cc1. The summed E-state index contributed by atoms with van der Waals surface area (Å²) in [5.41, 5.74) is 7.39. The van der Waals surface area contributed by atoms with E-state index in [2.05, 4.69) is 152 Å². The second kappa shape index (κ2) is 12.1. The van der Waals surface area contributed by atoms with Crippen LogP contribution in [0.25, 0.3) is 120 Å². The summed E-state index contributed by atoms with van der Waals surface area (Å²) in [7, 11) is 0. The Bertz CT molecular complexity index is 3550. The minimum Gasteiger partial charge on any atom is -0.456 e. The van der Waals surface area contributed by atoms with Crippen molar-refractivity contribution >= 4 is 85.9 Å². The molecule has 0 aliphatic heterocycles. The lowest BCUT2D eigenvalue weighted by atomic mass is 9.96. The van der Waals surface area contributed by atoms with Crippen LogP contribution in [0.15, 0.2) is 174 Å². The summed E-state index contributed by atoms with van der Waals surface area (Å²) in [4.78, 5) is 20.9. The second-order valence-electron chi connectivity index (χ2n) is 14.2. The number of rotatable bonds is 4. The van der Waals surface area contributed by atoms with E-state index in [-0.39, 0.29) is 0 Å². The van der Waals surface area contributed by atoms with Gasteiger partial charge in [0.05, 0.1) is 11.2 Å². The number of pyridine rings is 1. The Balaban J connectivity index is 1.13. The van der Waals surface area contributed by atoms with Gasteiger partial charge in [0, 0.05) is 69.4 Å². The van der Waals surface area contributed by atoms with E-state index >= 15 is 0 Å². The molecule has 4 heterocycles. The lowest BCUT2D eigenvalue weighted by Gasteiger charge is -2.11. The van der Waals surface area contributed by atoms with E-state index in [0.29, 0.717) is 17.5 Å². The Morgan fingerprint density at radius 3 is 1.96 bits per heavy atom. The average Bonchev–Trinajstić information content (AvgIpc) is 3.84. The van der Waals surface area contributed by atoms with Crippen molar-refractivity contribution in [3.05, 3.63) is 170 Å². The molecule has 0 aliphatic carbocycles. The molecular formula is C50H28N4OS. The Kier molecular flexibility index (Phi) is 6.73. The summed E-state index contributed by atoms with van der Waals surface area (Å²) in [6, 6.07) is 59.1. The zero-order chi connectivity index (χ0) is 36.7. The van der Waals surface area contributed by atoms with E-state index in [9.17, 15) is 0 Å². The summed E-state index contributed by atoms with van der Waals surface area (Å²) in [5, 5.41) is 9.99. The Hall–Kier alpha value is -7.28. The molecule has 260 valence electrons. The van der Waals surface area contributed by atoms with Crippen molar-refractivity contribution in [1.29, 1.82) is 0 Å². The lowest BCUT2D eigenvalue weighted by molar-refractivity contribution is 0.669. The summed E-state index contributed by atoms with van der Waals surface area (Å²) >= 11 is 1.79. The fourth-order valence-electron chi connectivity index (χ4n) is 8.31. The van der Waals surface area contributed by atoms with Gasteiger partial charge < -0.3 is 4.42 Å². The molecule has 0 saturated carbocycles. The number of para-hydroxylation sites is 1. The highest BCUT2D eigenvalue weighted by atomic mass is 32.1. The van der Waals surface area contributed by atoms with Gasteiger partial charge in [-0.2, -0.15) is 0 Å². The maximum absolute atomic E-state index is 6.58. The number of hydrogen-bond acceptors (Lipinski definition) is 6. The highest BCUT2D eigenvalue weighted by molar-refractivity contribution is 7.25. The minimum absolute atomic E-state index is 0.600. The van der Waals surface area contributed by atoms with Gasteiger partial charge in [-0.05, 0) is 65.4 Å². The third-order valence-electron chi connectivity index (χ3n) is 10.9. The number of fused-ring (bicyclic) bond motifs is 11. The van der Waals surface area contributed by atoms with E-state index in [1.165, 1.54) is 20.2 Å². The number of nitrogens with zero attached hydrogens (tertiary/aromatic N) is 4. The van der Waals surface area contributed by atoms with Crippen LogP contribution in [-0.2, 0) is 0 Å². The van der Waals surface area contributed by atoms with Gasteiger partial charge >= 0.3 is 0 Å². The molecule has 12 rings (SSSR count). The highest BCUT2D eigenvalue weighted by Crippen LogP contribution is 2.43. The monoisotopic (exact) mass is 732 g/mol. The lowest BCUT2D eigenvalue weighted by Crippen LogP contribution is -2.00. The molecule has 6 heteroatoms. The molecule has 12 aromatic rings. The van der Waals surface area contributed by atoms with Crippen molar-refractivity contribution in [2.45, 2.75) is 0 Å². The van der Waals surface area contributed by atoms with Crippen molar-refractivity contribution in [3.8, 4) is 45.4 Å². The van der Waals surface area contributed by atoms with Crippen molar-refractivity contribution in [2.24, 2.45) is 0 Å². The van der Waals surface area contributed by atoms with E-state index in [4.69, 9.17) is 24.4 Å². The van der Waals surface area contributed by atoms with Crippen LogP contribution in [0, 0.1) is 0 Å². The van der Waals surface area contributed by atoms with Crippen LogP contribution in [0.1, 0.15) is 0 Å². The Morgan fingerprint density at radius 1 is 0.375 bits per heavy atom. The van der Waals surface area contributed by atoms with Gasteiger partial charge in [0.1, 0.15) is 11.2 Å². The molecule has 56 heavy (non-hydrogen) atoms. The van der Waals surface area contributed by atoms with Crippen LogP contribution >= 0.6 is 11.3 Å². The van der Waals surface area contributed by atoms with E-state index in [0.717, 1.165) is 82.3 Å². The Labute approximate surface area is 324 Å². The number of furan rings is 1. The van der Waals surface area contributed by atoms with Crippen molar-refractivity contribution < 1.29 is 4.42 Å². The van der Waals surface area contributed by atoms with Crippen molar-refractivity contribution in [3.63, 3.8) is 0 Å². The summed E-state index contributed by atoms with van der Waals surface area (Å²) in [5.74, 6) is 1.86. The van der Waals surface area contributed by atoms with Gasteiger partial charge in [-0.15, -0.1) is 11.3 Å². The van der Waals surface area contributed by atoms with Crippen LogP contribution in [0.2, 0.25) is 0 Å². The quantitative estimate of drug-likeness (QED) is 0.169. The van der Waals surface area contributed by atoms with Crippen LogP contribution in [-0.4, -0.2) is 19.9 Å². The molecule has 0 amide bonds. The van der Waals surface area contributed by atoms with Gasteiger partial charge in [-0.25, -0.2) is 19.9 Å². The van der Waals surface area contributed by atoms with Crippen LogP contribution in [0.3, 0.4) is 0 Å². The molecule has 0 N–H and O–H groups in total. The third kappa shape index (κ3) is 4.79. The first-order valence-corrected chi connectivity index (χ1v) is 19.4. The van der Waals surface area contributed by atoms with E-state index in [1.54, 1.807) is 11.3 Å². The first-order chi connectivity index (χ1) is 27.7. The zero-order valence-corrected chi connectivity index (χ0v) is 30.6. The fraction of sp³-hybridized carbons (Fsp3) is 0. The number of thiophene rings is 1. The maximum atomic E-state index is 6.58. The normalized spacial score (nSPS) is 11.9. The average molecular weight is 733 g/mol. The fourth-order valence-corrected chi connectivity index (χ4v) is 9.44. The molecule has 4 aromatic heterocycles. The van der Waals surface area contributed by atoms with Crippen LogP contribution in [0.4, 0.5) is 0 Å². The number of aromatic nitrogens is 4. The number of benzene rings is 8. The summed E-state index contributed by atoms with van der Waals surface area (Å²) in [6.07, 6.45) is 0. The maximum Gasteiger partial charge on any atom is 0.164 e. The smallest absolute Gasteiger partial charge is 0.164 e. The third-order valence-corrected chi connectivity index (χ3v) is 12.0. The van der Waals surface area contributed by atoms with Gasteiger partial charge in [0.2, 0.25) is 0 Å². The minimum atomic E-state index is 0.600. The molecule has 0 fully saturated rings. The molecule has 0 bridgehead atoms. The van der Waals surface area contributed by atoms with E-state index in [1.807, 2.05) is 18.2 Å². The van der Waals surface area contributed by atoms with Gasteiger partial charge in [-0.3, -0.25) is 0 Å². The molecule has 0 atom stereocenters. The first kappa shape index (κ1) is 31.1. The van der Waals surface area contributed by atoms with Crippen molar-refractivity contribution in [2.75, 3.05) is 0 Å². The van der Waals surface area contributed by atoms with Gasteiger partial charge in [-0.1, -0.05) is 115 Å². The predicted octanol–water partition coefficient (Wildman–Crippen LogP) is 13.7. The molecule has 5 nitrogen and oxygen atoms in total. The molecule has 0 spiro atoms. The van der Waals surface area contributed by atoms with Crippen molar-refractivity contribution in [1.82, 2.24) is 19.9 Å². The summed E-state index contributed by atoms with van der Waals surface area (Å²) in [6.45, 7) is 0. The standard InChI is InChI=1S/C50H28N4OS/c1-2-12-30(13-3-1)47-36-24-26-41-46(45(36)34-15-6-8-18-39(34)51-47)38-28-33(23-25-40(38)55-41)49-52-48(32-22-21-29-11-4-5-14-31(29)27-32)53-50(54-49)37-17-10-20-43-44(37)35-16-7-9-19-42(35)56-43/h1-28H. The molecule has 0 saturated heterocycles. The topological polar surface area (TPSA) is 64.7 Å². The molecule has 0 aliphatic rings. The summed E-state index contributed by atoms with van der Waals surface area (Å²) < 4.78 is 9.02. The van der Waals surface area contributed by atoms with Crippen LogP contribution in [0.5, 0.6) is 0 Å². The first-order valence-electron chi connectivity index (χ1n) is 18.6. The highest BCUT2D eigenvalue weighted by Gasteiger charge is 2.20.